The molecule has 0 radical (unpaired) electrons. The first kappa shape index (κ1) is 19.7. The Bertz CT molecular complexity index is 860. The third-order valence-corrected chi connectivity index (χ3v) is 4.84. The molecule has 0 bridgehead atoms. The van der Waals surface area contributed by atoms with Crippen LogP contribution in [0.2, 0.25) is 0 Å². The van der Waals surface area contributed by atoms with Crippen molar-refractivity contribution in [2.75, 3.05) is 18.9 Å². The van der Waals surface area contributed by atoms with Gasteiger partial charge in [-0.25, -0.2) is 9.59 Å². The summed E-state index contributed by atoms with van der Waals surface area (Å²) < 4.78 is 5.08. The molecule has 1 aromatic rings. The van der Waals surface area contributed by atoms with E-state index >= 15 is 0 Å². The number of urea groups is 1. The van der Waals surface area contributed by atoms with Gasteiger partial charge in [-0.3, -0.25) is 14.9 Å². The Labute approximate surface area is 162 Å². The average Bonchev–Trinajstić information content (AvgIpc) is 3.05. The number of anilines is 1. The van der Waals surface area contributed by atoms with Crippen molar-refractivity contribution in [2.45, 2.75) is 44.8 Å². The summed E-state index contributed by atoms with van der Waals surface area (Å²) in [6.07, 6.45) is 0.152. The van der Waals surface area contributed by atoms with E-state index in [0.29, 0.717) is 18.5 Å². The number of carbonyl (C=O) groups is 4. The van der Waals surface area contributed by atoms with Crippen LogP contribution in [0, 0.1) is 0 Å². The van der Waals surface area contributed by atoms with Crippen molar-refractivity contribution in [1.29, 1.82) is 0 Å². The third kappa shape index (κ3) is 3.78. The van der Waals surface area contributed by atoms with Gasteiger partial charge in [-0.05, 0) is 44.0 Å². The zero-order valence-electron chi connectivity index (χ0n) is 16.3. The van der Waals surface area contributed by atoms with E-state index in [0.717, 1.165) is 11.1 Å². The number of carbonyl (C=O) groups excluding carboxylic acids is 4. The Balaban J connectivity index is 1.61. The predicted octanol–water partition coefficient (Wildman–Crippen LogP) is 1.17. The monoisotopic (exact) mass is 388 g/mol. The van der Waals surface area contributed by atoms with Crippen LogP contribution < -0.4 is 16.0 Å². The van der Waals surface area contributed by atoms with Crippen molar-refractivity contribution in [3.63, 3.8) is 0 Å². The lowest BCUT2D eigenvalue weighted by atomic mass is 9.95. The van der Waals surface area contributed by atoms with Crippen LogP contribution in [-0.2, 0) is 27.2 Å². The number of nitrogens with zero attached hydrogens (tertiary/aromatic N) is 1. The lowest BCUT2D eigenvalue weighted by Gasteiger charge is -2.27. The minimum atomic E-state index is -0.902. The number of fused-ring (bicyclic) bond motifs is 1. The predicted molar refractivity (Wildman–Crippen MR) is 101 cm³/mol. The lowest BCUT2D eigenvalue weighted by molar-refractivity contribution is -0.125. The molecule has 1 fully saturated rings. The second-order valence-corrected chi connectivity index (χ2v) is 8.09. The molecular weight excluding hydrogens is 364 g/mol. The van der Waals surface area contributed by atoms with Crippen LogP contribution in [0.5, 0.6) is 0 Å². The quantitative estimate of drug-likeness (QED) is 0.672. The van der Waals surface area contributed by atoms with Crippen LogP contribution in [0.15, 0.2) is 18.2 Å². The van der Waals surface area contributed by atoms with Gasteiger partial charge < -0.3 is 20.3 Å². The first-order valence-electron chi connectivity index (χ1n) is 8.98. The Morgan fingerprint density at radius 1 is 1.21 bits per heavy atom. The second-order valence-electron chi connectivity index (χ2n) is 8.09. The number of hydrogen-bond acceptors (Lipinski definition) is 5. The van der Waals surface area contributed by atoms with E-state index in [-0.39, 0.29) is 12.5 Å². The highest BCUT2D eigenvalue weighted by atomic mass is 16.6. The van der Waals surface area contributed by atoms with Crippen LogP contribution in [0.3, 0.4) is 0 Å². The molecule has 0 saturated carbocycles. The molecule has 0 aromatic heterocycles. The van der Waals surface area contributed by atoms with E-state index in [1.54, 1.807) is 40.0 Å². The summed E-state index contributed by atoms with van der Waals surface area (Å²) in [6, 6.07) is 4.96. The molecule has 150 valence electrons. The number of hydrogen-bond donors (Lipinski definition) is 3. The Morgan fingerprint density at radius 2 is 1.89 bits per heavy atom. The highest BCUT2D eigenvalue weighted by Crippen LogP contribution is 2.38. The molecule has 3 N–H and O–H groups in total. The third-order valence-electron chi connectivity index (χ3n) is 4.84. The van der Waals surface area contributed by atoms with Crippen LogP contribution in [0.4, 0.5) is 15.3 Å². The highest BCUT2D eigenvalue weighted by Gasteiger charge is 2.54. The van der Waals surface area contributed by atoms with Gasteiger partial charge in [0.1, 0.15) is 17.7 Å². The van der Waals surface area contributed by atoms with Crippen LogP contribution in [0.25, 0.3) is 0 Å². The van der Waals surface area contributed by atoms with Gasteiger partial charge >= 0.3 is 12.1 Å². The second kappa shape index (κ2) is 6.81. The molecule has 1 aliphatic carbocycles. The summed E-state index contributed by atoms with van der Waals surface area (Å²) in [5, 5.41) is 7.46. The highest BCUT2D eigenvalue weighted by molar-refractivity contribution is 6.07. The molecule has 1 spiro atoms. The van der Waals surface area contributed by atoms with E-state index in [9.17, 15) is 19.2 Å². The maximum Gasteiger partial charge on any atom is 0.408 e. The van der Waals surface area contributed by atoms with Crippen molar-refractivity contribution < 1.29 is 23.9 Å². The van der Waals surface area contributed by atoms with Crippen LogP contribution in [0.1, 0.15) is 31.9 Å². The van der Waals surface area contributed by atoms with Crippen molar-refractivity contribution in [2.24, 2.45) is 0 Å². The summed E-state index contributed by atoms with van der Waals surface area (Å²) in [5.41, 5.74) is 0.869. The van der Waals surface area contributed by atoms with Gasteiger partial charge in [-0.15, -0.1) is 0 Å². The molecule has 1 heterocycles. The van der Waals surface area contributed by atoms with E-state index in [4.69, 9.17) is 4.74 Å². The molecule has 1 aromatic carbocycles. The molecule has 1 aliphatic heterocycles. The molecule has 3 rings (SSSR count). The minimum absolute atomic E-state index is 0.227. The molecular formula is C19H24N4O5. The first-order valence-corrected chi connectivity index (χ1v) is 8.98. The van der Waals surface area contributed by atoms with Crippen LogP contribution >= 0.6 is 0 Å². The zero-order valence-corrected chi connectivity index (χ0v) is 16.3. The van der Waals surface area contributed by atoms with Crippen molar-refractivity contribution in [3.8, 4) is 0 Å². The van der Waals surface area contributed by atoms with Gasteiger partial charge in [0.25, 0.3) is 5.91 Å². The van der Waals surface area contributed by atoms with Crippen molar-refractivity contribution >= 4 is 29.6 Å². The Kier molecular flexibility index (Phi) is 4.78. The number of imide groups is 1. The Hall–Kier alpha value is -3.10. The molecule has 0 unspecified atom stereocenters. The fourth-order valence-corrected chi connectivity index (χ4v) is 3.45. The summed E-state index contributed by atoms with van der Waals surface area (Å²) in [7, 11) is 1.61. The first-order chi connectivity index (χ1) is 13.0. The summed E-state index contributed by atoms with van der Waals surface area (Å²) in [5.74, 6) is -0.701. The summed E-state index contributed by atoms with van der Waals surface area (Å²) in [6.45, 7) is 4.98. The molecule has 5 amide bonds. The van der Waals surface area contributed by atoms with Gasteiger partial charge in [0.05, 0.1) is 0 Å². The fraction of sp³-hybridized carbons (Fsp3) is 0.474. The maximum absolute atomic E-state index is 12.3. The van der Waals surface area contributed by atoms with Crippen LogP contribution in [-0.4, -0.2) is 53.6 Å². The van der Waals surface area contributed by atoms with Gasteiger partial charge in [0.15, 0.2) is 0 Å². The maximum atomic E-state index is 12.3. The average molecular weight is 388 g/mol. The normalized spacial score (nSPS) is 20.8. The van der Waals surface area contributed by atoms with Crippen molar-refractivity contribution in [1.82, 2.24) is 15.5 Å². The molecule has 1 saturated heterocycles. The molecule has 9 heteroatoms. The smallest absolute Gasteiger partial charge is 0.408 e. The largest absolute Gasteiger partial charge is 0.444 e. The molecule has 28 heavy (non-hydrogen) atoms. The molecule has 1 atom stereocenters. The number of benzene rings is 1. The van der Waals surface area contributed by atoms with E-state index in [1.807, 2.05) is 6.07 Å². The number of ether oxygens (including phenoxy) is 1. The standard InChI is InChI=1S/C19H24N4O5/c1-18(2,3)28-17(27)20-10-14(24)21-13-6-5-11-8-19(9-12(11)7-13)15(25)22-16(26)23(19)4/h5-7H,8-10H2,1-4H3,(H,20,27)(H,21,24)(H,22,25,26)/t19-/m0/s1. The van der Waals surface area contributed by atoms with Gasteiger partial charge in [-0.1, -0.05) is 6.07 Å². The number of amides is 5. The SMILES string of the molecule is CN1C(=O)NC(=O)[C@@]12Cc1ccc(NC(=O)CNC(=O)OC(C)(C)C)cc1C2. The number of alkyl carbamates (subject to hydrolysis) is 1. The number of likely N-dealkylation sites (N-methyl/N-ethyl adjacent to an activating group) is 1. The topological polar surface area (TPSA) is 117 Å². The van der Waals surface area contributed by atoms with Crippen molar-refractivity contribution in [3.05, 3.63) is 29.3 Å². The number of rotatable bonds is 3. The molecule has 9 nitrogen and oxygen atoms in total. The van der Waals surface area contributed by atoms with Gasteiger partial charge in [0.2, 0.25) is 5.91 Å². The van der Waals surface area contributed by atoms with E-state index < -0.39 is 29.2 Å². The fourth-order valence-electron chi connectivity index (χ4n) is 3.45. The summed E-state index contributed by atoms with van der Waals surface area (Å²) >= 11 is 0. The Morgan fingerprint density at radius 3 is 2.50 bits per heavy atom. The number of nitrogens with one attached hydrogen (secondary N) is 3. The van der Waals surface area contributed by atoms with E-state index in [2.05, 4.69) is 16.0 Å². The summed E-state index contributed by atoms with van der Waals surface area (Å²) in [4.78, 5) is 49.3. The zero-order chi connectivity index (χ0) is 20.7. The van der Waals surface area contributed by atoms with Gasteiger partial charge in [0, 0.05) is 25.6 Å². The van der Waals surface area contributed by atoms with E-state index in [1.165, 1.54) is 4.90 Å². The minimum Gasteiger partial charge on any atom is -0.444 e. The molecule has 2 aliphatic rings. The lowest BCUT2D eigenvalue weighted by Crippen LogP contribution is -2.48. The van der Waals surface area contributed by atoms with Gasteiger partial charge in [-0.2, -0.15) is 0 Å².